The molecule has 222 valence electrons. The number of allylic oxidation sites excluding steroid dienone is 10. The van der Waals surface area contributed by atoms with Crippen LogP contribution in [0.25, 0.3) is 0 Å². The monoisotopic (exact) mass is 569 g/mol. The van der Waals surface area contributed by atoms with Crippen LogP contribution in [0.15, 0.2) is 60.8 Å². The van der Waals surface area contributed by atoms with Crippen molar-refractivity contribution in [3.63, 3.8) is 0 Å². The average Bonchev–Trinajstić information content (AvgIpc) is 2.90. The quantitative estimate of drug-likeness (QED) is 0.0598. The van der Waals surface area contributed by atoms with E-state index in [9.17, 15) is 19.0 Å². The Hall–Kier alpha value is -2.29. The van der Waals surface area contributed by atoms with Gasteiger partial charge in [-0.15, -0.1) is 0 Å². The summed E-state index contributed by atoms with van der Waals surface area (Å²) in [7, 11) is -4.34. The van der Waals surface area contributed by atoms with Gasteiger partial charge in [-0.05, 0) is 51.4 Å². The minimum absolute atomic E-state index is 0.0425. The number of ether oxygens (including phenoxy) is 2. The molecule has 0 fully saturated rings. The molecule has 0 heterocycles. The Kier molecular flexibility index (Phi) is 24.4. The zero-order chi connectivity index (χ0) is 29.0. The third kappa shape index (κ3) is 27.1. The van der Waals surface area contributed by atoms with Crippen LogP contribution in [0.2, 0.25) is 0 Å². The van der Waals surface area contributed by atoms with Crippen LogP contribution in [-0.2, 0) is 32.7 Å². The number of phosphoric acid groups is 1. The summed E-state index contributed by atoms with van der Waals surface area (Å²) in [6, 6.07) is 0. The second kappa shape index (κ2) is 26.0. The SMILES string of the molecule is CC/C=C\C/C=C\C/C=C\C/C=C\C/C=C\CCCCCC(=O)OC(COC(C)=O)COP(=O)(O)OCCN. The van der Waals surface area contributed by atoms with Gasteiger partial charge in [-0.2, -0.15) is 0 Å². The first-order valence-corrected chi connectivity index (χ1v) is 15.2. The molecule has 0 radical (unpaired) electrons. The van der Waals surface area contributed by atoms with E-state index in [2.05, 4.69) is 72.2 Å². The largest absolute Gasteiger partial charge is 0.472 e. The highest BCUT2D eigenvalue weighted by Gasteiger charge is 2.25. The number of hydrogen-bond donors (Lipinski definition) is 2. The first-order chi connectivity index (χ1) is 18.8. The van der Waals surface area contributed by atoms with Gasteiger partial charge in [0.1, 0.15) is 6.61 Å². The Labute approximate surface area is 234 Å². The van der Waals surface area contributed by atoms with Crippen molar-refractivity contribution in [1.82, 2.24) is 0 Å². The van der Waals surface area contributed by atoms with Gasteiger partial charge in [-0.3, -0.25) is 18.6 Å². The van der Waals surface area contributed by atoms with E-state index in [1.54, 1.807) is 0 Å². The minimum atomic E-state index is -4.34. The van der Waals surface area contributed by atoms with Crippen molar-refractivity contribution >= 4 is 19.8 Å². The van der Waals surface area contributed by atoms with E-state index in [-0.39, 0.29) is 26.2 Å². The van der Waals surface area contributed by atoms with E-state index in [4.69, 9.17) is 19.7 Å². The lowest BCUT2D eigenvalue weighted by atomic mass is 10.1. The zero-order valence-electron chi connectivity index (χ0n) is 23.6. The lowest BCUT2D eigenvalue weighted by molar-refractivity contribution is -0.160. The van der Waals surface area contributed by atoms with Crippen LogP contribution >= 0.6 is 7.82 Å². The van der Waals surface area contributed by atoms with Gasteiger partial charge in [0.2, 0.25) is 0 Å². The fourth-order valence-corrected chi connectivity index (χ4v) is 3.80. The van der Waals surface area contributed by atoms with Gasteiger partial charge < -0.3 is 20.1 Å². The maximum atomic E-state index is 12.1. The molecule has 0 rings (SSSR count). The molecule has 0 saturated heterocycles. The Morgan fingerprint density at radius 3 is 1.92 bits per heavy atom. The molecule has 3 N–H and O–H groups in total. The van der Waals surface area contributed by atoms with Crippen LogP contribution in [0.1, 0.15) is 78.1 Å². The number of carbonyl (C=O) groups is 2. The van der Waals surface area contributed by atoms with Crippen molar-refractivity contribution in [2.24, 2.45) is 5.73 Å². The Balaban J connectivity index is 4.01. The van der Waals surface area contributed by atoms with Gasteiger partial charge in [0, 0.05) is 19.9 Å². The highest BCUT2D eigenvalue weighted by Crippen LogP contribution is 2.43. The van der Waals surface area contributed by atoms with Crippen molar-refractivity contribution in [1.29, 1.82) is 0 Å². The summed E-state index contributed by atoms with van der Waals surface area (Å²) >= 11 is 0. The summed E-state index contributed by atoms with van der Waals surface area (Å²) in [6.07, 6.45) is 29.1. The molecule has 2 atom stereocenters. The third-order valence-corrected chi connectivity index (χ3v) is 5.96. The van der Waals surface area contributed by atoms with Crippen LogP contribution in [0.4, 0.5) is 0 Å². The van der Waals surface area contributed by atoms with Crippen molar-refractivity contribution in [2.75, 3.05) is 26.4 Å². The Morgan fingerprint density at radius 2 is 1.38 bits per heavy atom. The first-order valence-electron chi connectivity index (χ1n) is 13.7. The lowest BCUT2D eigenvalue weighted by Gasteiger charge is -2.19. The Bertz CT molecular complexity index is 835. The molecule has 0 aliphatic heterocycles. The third-order valence-electron chi connectivity index (χ3n) is 4.98. The number of rotatable bonds is 24. The molecule has 2 unspecified atom stereocenters. The topological polar surface area (TPSA) is 134 Å². The second-order valence-electron chi connectivity index (χ2n) is 8.61. The van der Waals surface area contributed by atoms with Crippen LogP contribution in [-0.4, -0.2) is 49.3 Å². The van der Waals surface area contributed by atoms with Gasteiger partial charge in [0.15, 0.2) is 6.10 Å². The van der Waals surface area contributed by atoms with Crippen LogP contribution in [0.3, 0.4) is 0 Å². The van der Waals surface area contributed by atoms with Crippen LogP contribution in [0, 0.1) is 0 Å². The predicted octanol–water partition coefficient (Wildman–Crippen LogP) is 6.26. The van der Waals surface area contributed by atoms with E-state index in [1.165, 1.54) is 6.92 Å². The van der Waals surface area contributed by atoms with E-state index in [0.717, 1.165) is 51.4 Å². The predicted molar refractivity (Wildman–Crippen MR) is 155 cm³/mol. The van der Waals surface area contributed by atoms with Gasteiger partial charge in [-0.25, -0.2) is 4.57 Å². The molecule has 0 bridgehead atoms. The summed E-state index contributed by atoms with van der Waals surface area (Å²) in [4.78, 5) is 32.8. The van der Waals surface area contributed by atoms with Crippen LogP contribution < -0.4 is 5.73 Å². The number of hydrogen-bond acceptors (Lipinski definition) is 8. The molecule has 39 heavy (non-hydrogen) atoms. The number of nitrogens with two attached hydrogens (primary N) is 1. The summed E-state index contributed by atoms with van der Waals surface area (Å²) in [5.74, 6) is -1.07. The Morgan fingerprint density at radius 1 is 0.821 bits per heavy atom. The molecule has 0 aromatic heterocycles. The molecular formula is C29H48NO8P. The molecule has 0 amide bonds. The maximum Gasteiger partial charge on any atom is 0.472 e. The number of esters is 2. The fraction of sp³-hybridized carbons (Fsp3) is 0.586. The summed E-state index contributed by atoms with van der Waals surface area (Å²) in [5.41, 5.74) is 5.23. The van der Waals surface area contributed by atoms with Gasteiger partial charge in [0.05, 0.1) is 13.2 Å². The summed E-state index contributed by atoms with van der Waals surface area (Å²) < 4.78 is 31.3. The molecule has 0 saturated carbocycles. The van der Waals surface area contributed by atoms with Gasteiger partial charge in [0.25, 0.3) is 0 Å². The highest BCUT2D eigenvalue weighted by atomic mass is 31.2. The maximum absolute atomic E-state index is 12.1. The first kappa shape index (κ1) is 36.7. The number of phosphoric ester groups is 1. The number of carbonyl (C=O) groups excluding carboxylic acids is 2. The van der Waals surface area contributed by atoms with E-state index in [0.29, 0.717) is 6.42 Å². The molecule has 9 nitrogen and oxygen atoms in total. The van der Waals surface area contributed by atoms with Crippen molar-refractivity contribution in [3.05, 3.63) is 60.8 Å². The smallest absolute Gasteiger partial charge is 0.462 e. The molecule has 0 aliphatic carbocycles. The highest BCUT2D eigenvalue weighted by molar-refractivity contribution is 7.47. The molecule has 0 spiro atoms. The lowest BCUT2D eigenvalue weighted by Crippen LogP contribution is -2.29. The van der Waals surface area contributed by atoms with Crippen molar-refractivity contribution < 1.29 is 37.6 Å². The minimum Gasteiger partial charge on any atom is -0.462 e. The summed E-state index contributed by atoms with van der Waals surface area (Å²) in [6.45, 7) is 2.47. The number of unbranched alkanes of at least 4 members (excludes halogenated alkanes) is 3. The van der Waals surface area contributed by atoms with E-state index < -0.39 is 32.5 Å². The normalized spacial score (nSPS) is 14.7. The average molecular weight is 570 g/mol. The van der Waals surface area contributed by atoms with E-state index >= 15 is 0 Å². The molecule has 10 heteroatoms. The standard InChI is InChI=1S/C29H48NO8P/c1-3-4-5-6-7-8-9-10-11-12-13-14-15-16-17-18-19-20-21-22-29(32)38-28(25-35-27(2)31)26-37-39(33,34)36-24-23-30/h4-5,7-8,10-11,13-14,16-17,28H,3,6,9,12,15,18-26,30H2,1-2H3,(H,33,34)/b5-4-,8-7-,11-10-,14-13-,17-16-. The van der Waals surface area contributed by atoms with Crippen LogP contribution in [0.5, 0.6) is 0 Å². The molecule has 0 aliphatic rings. The zero-order valence-corrected chi connectivity index (χ0v) is 24.5. The molecular weight excluding hydrogens is 521 g/mol. The fourth-order valence-electron chi connectivity index (χ4n) is 3.03. The van der Waals surface area contributed by atoms with Gasteiger partial charge in [-0.1, -0.05) is 74.1 Å². The van der Waals surface area contributed by atoms with Crippen molar-refractivity contribution in [3.8, 4) is 0 Å². The molecule has 0 aromatic rings. The molecule has 0 aromatic carbocycles. The van der Waals surface area contributed by atoms with Crippen molar-refractivity contribution in [2.45, 2.75) is 84.2 Å². The summed E-state index contributed by atoms with van der Waals surface area (Å²) in [5, 5.41) is 0. The van der Waals surface area contributed by atoms with E-state index in [1.807, 2.05) is 0 Å². The van der Waals surface area contributed by atoms with Gasteiger partial charge >= 0.3 is 19.8 Å². The second-order valence-corrected chi connectivity index (χ2v) is 10.1.